The Hall–Kier alpha value is 0.190. The fourth-order valence-electron chi connectivity index (χ4n) is 1.88. The second-order valence-corrected chi connectivity index (χ2v) is 6.39. The number of hydrogen-bond acceptors (Lipinski definition) is 7. The Kier molecular flexibility index (Phi) is 7.21. The van der Waals surface area contributed by atoms with Crippen molar-refractivity contribution in [3.05, 3.63) is 31.5 Å². The van der Waals surface area contributed by atoms with Crippen LogP contribution in [0.3, 0.4) is 0 Å². The van der Waals surface area contributed by atoms with E-state index in [0.29, 0.717) is 0 Å². The van der Waals surface area contributed by atoms with E-state index >= 15 is 0 Å². The van der Waals surface area contributed by atoms with Crippen molar-refractivity contribution >= 4 is 23.8 Å². The van der Waals surface area contributed by atoms with E-state index < -0.39 is 44.1 Å². The number of H-pyrrole nitrogens is 1. The molecule has 3 N–H and O–H groups in total. The van der Waals surface area contributed by atoms with Crippen LogP contribution in [0.15, 0.2) is 20.3 Å². The van der Waals surface area contributed by atoms with E-state index in [4.69, 9.17) is 9.63 Å². The second kappa shape index (κ2) is 7.84. The molecule has 1 fully saturated rings. The number of phosphoric acid groups is 1. The number of ether oxygens (including phenoxy) is 1. The number of rotatable bonds is 4. The summed E-state index contributed by atoms with van der Waals surface area (Å²) < 4.78 is 21.1. The van der Waals surface area contributed by atoms with Gasteiger partial charge in [-0.05, 0) is 15.9 Å². The first-order chi connectivity index (χ1) is 9.67. The fraction of sp³-hybridized carbons (Fsp3) is 0.556. The van der Waals surface area contributed by atoms with Gasteiger partial charge in [0, 0.05) is 12.6 Å². The van der Waals surface area contributed by atoms with Gasteiger partial charge in [-0.2, -0.15) is 0 Å². The first kappa shape index (κ1) is 20.2. The number of aromatic amines is 1. The van der Waals surface area contributed by atoms with E-state index in [1.165, 1.54) is 6.20 Å². The molecule has 1 aromatic rings. The maximum absolute atomic E-state index is 11.7. The number of phosphoric ester groups is 1. The molecule has 1 aromatic heterocycles. The molecule has 0 bridgehead atoms. The number of nitrogens with one attached hydrogen (secondary N) is 1. The minimum Gasteiger partial charge on any atom is -0.756 e. The van der Waals surface area contributed by atoms with E-state index in [1.54, 1.807) is 0 Å². The molecule has 10 nitrogen and oxygen atoms in total. The van der Waals surface area contributed by atoms with Crippen LogP contribution in [0.1, 0.15) is 12.6 Å². The third kappa shape index (κ3) is 5.10. The van der Waals surface area contributed by atoms with Crippen molar-refractivity contribution in [3.63, 3.8) is 0 Å². The summed E-state index contributed by atoms with van der Waals surface area (Å²) in [6, 6.07) is 0. The average Bonchev–Trinajstić information content (AvgIpc) is 2.72. The molecule has 0 saturated carbocycles. The van der Waals surface area contributed by atoms with Crippen LogP contribution in [-0.4, -0.2) is 38.4 Å². The number of hydrogen-bond donors (Lipinski definition) is 3. The number of halogens is 1. The van der Waals surface area contributed by atoms with Crippen LogP contribution in [0.5, 0.6) is 0 Å². The largest absolute Gasteiger partial charge is 1.00 e. The standard InChI is InChI=1S/C9H12BrN2O8P.Na/c10-4-2-12(9(15)11-8(4)14)7-1-5(13)6(20-7)3-19-21(16,17)18;/h2,5-7,13H,1,3H2,(H,11,14,15)(H2,16,17,18);/q;+1/p-1/t5-,6+,7+;/m0./s1. The summed E-state index contributed by atoms with van der Waals surface area (Å²) >= 11 is 2.96. The van der Waals surface area contributed by atoms with Gasteiger partial charge >= 0.3 is 35.2 Å². The molecule has 118 valence electrons. The molecule has 0 aliphatic carbocycles. The van der Waals surface area contributed by atoms with Crippen molar-refractivity contribution in [1.82, 2.24) is 9.55 Å². The minimum absolute atomic E-state index is 0. The first-order valence-corrected chi connectivity index (χ1v) is 7.99. The third-order valence-electron chi connectivity index (χ3n) is 2.84. The molecule has 1 unspecified atom stereocenters. The maximum atomic E-state index is 11.7. The van der Waals surface area contributed by atoms with E-state index in [0.717, 1.165) is 4.57 Å². The molecule has 2 rings (SSSR count). The van der Waals surface area contributed by atoms with Gasteiger partial charge in [0.2, 0.25) is 0 Å². The summed E-state index contributed by atoms with van der Waals surface area (Å²) in [6.45, 7) is -0.589. The summed E-state index contributed by atoms with van der Waals surface area (Å²) in [5, 5.41) is 9.75. The Labute approximate surface area is 154 Å². The minimum atomic E-state index is -4.92. The Balaban J connectivity index is 0.00000242. The van der Waals surface area contributed by atoms with Gasteiger partial charge in [0.05, 0.1) is 17.2 Å². The van der Waals surface area contributed by atoms with E-state index in [1.807, 2.05) is 4.98 Å². The molecular formula is C9H11BrN2NaO8P. The monoisotopic (exact) mass is 408 g/mol. The maximum Gasteiger partial charge on any atom is 1.00 e. The van der Waals surface area contributed by atoms with Crippen molar-refractivity contribution in [2.45, 2.75) is 24.9 Å². The number of nitrogens with zero attached hydrogens (tertiary/aromatic N) is 1. The van der Waals surface area contributed by atoms with Gasteiger partial charge < -0.3 is 24.2 Å². The Morgan fingerprint density at radius 3 is 2.82 bits per heavy atom. The van der Waals surface area contributed by atoms with Crippen molar-refractivity contribution in [1.29, 1.82) is 0 Å². The molecule has 2 heterocycles. The van der Waals surface area contributed by atoms with Crippen LogP contribution >= 0.6 is 23.8 Å². The molecule has 0 spiro atoms. The molecule has 1 aliphatic heterocycles. The Morgan fingerprint density at radius 2 is 2.23 bits per heavy atom. The summed E-state index contributed by atoms with van der Waals surface area (Å²) in [4.78, 5) is 43.9. The van der Waals surface area contributed by atoms with Crippen molar-refractivity contribution in [2.24, 2.45) is 0 Å². The number of aliphatic hydroxyl groups excluding tert-OH is 1. The van der Waals surface area contributed by atoms with Crippen LogP contribution in [-0.2, 0) is 13.8 Å². The van der Waals surface area contributed by atoms with E-state index in [2.05, 4.69) is 20.5 Å². The fourth-order valence-corrected chi connectivity index (χ4v) is 2.53. The van der Waals surface area contributed by atoms with Gasteiger partial charge in [0.1, 0.15) is 12.3 Å². The predicted octanol–water partition coefficient (Wildman–Crippen LogP) is -4.57. The molecule has 1 aliphatic rings. The van der Waals surface area contributed by atoms with E-state index in [9.17, 15) is 24.2 Å². The first-order valence-electron chi connectivity index (χ1n) is 5.70. The topological polar surface area (TPSA) is 154 Å². The van der Waals surface area contributed by atoms with Crippen molar-refractivity contribution in [2.75, 3.05) is 6.61 Å². The number of aromatic nitrogens is 2. The smallest absolute Gasteiger partial charge is 0.756 e. The van der Waals surface area contributed by atoms with Crippen molar-refractivity contribution in [3.8, 4) is 0 Å². The SMILES string of the molecule is O=c1[nH]c(=O)n([C@H]2C[C@H](O)[C@@H](COP(=O)([O-])O)O2)cc1Br.[Na+]. The van der Waals surface area contributed by atoms with Crippen LogP contribution in [0.25, 0.3) is 0 Å². The van der Waals surface area contributed by atoms with Crippen LogP contribution in [0.4, 0.5) is 0 Å². The molecule has 4 atom stereocenters. The summed E-state index contributed by atoms with van der Waals surface area (Å²) in [7, 11) is -4.92. The normalized spacial score (nSPS) is 27.2. The van der Waals surface area contributed by atoms with Gasteiger partial charge in [-0.1, -0.05) is 0 Å². The molecule has 13 heteroatoms. The molecule has 1 saturated heterocycles. The van der Waals surface area contributed by atoms with E-state index in [-0.39, 0.29) is 40.5 Å². The van der Waals surface area contributed by atoms with Crippen molar-refractivity contribution < 1.29 is 58.3 Å². The Bertz CT molecular complexity index is 687. The zero-order chi connectivity index (χ0) is 15.8. The predicted molar refractivity (Wildman–Crippen MR) is 69.3 cm³/mol. The van der Waals surface area contributed by atoms with Crippen LogP contribution in [0, 0.1) is 0 Å². The summed E-state index contributed by atoms with van der Waals surface area (Å²) in [5.74, 6) is 0. The second-order valence-electron chi connectivity index (χ2n) is 4.34. The third-order valence-corrected chi connectivity index (χ3v) is 3.88. The van der Waals surface area contributed by atoms with Gasteiger partial charge in [-0.25, -0.2) is 4.79 Å². The molecule has 0 aromatic carbocycles. The summed E-state index contributed by atoms with van der Waals surface area (Å²) in [5.41, 5.74) is -1.35. The molecule has 0 amide bonds. The van der Waals surface area contributed by atoms with Gasteiger partial charge in [-0.3, -0.25) is 18.9 Å². The van der Waals surface area contributed by atoms with Gasteiger partial charge in [0.25, 0.3) is 13.4 Å². The van der Waals surface area contributed by atoms with Gasteiger partial charge in [-0.15, -0.1) is 0 Å². The molecule has 22 heavy (non-hydrogen) atoms. The molecular weight excluding hydrogens is 398 g/mol. The van der Waals surface area contributed by atoms with Crippen LogP contribution < -0.4 is 45.7 Å². The van der Waals surface area contributed by atoms with Gasteiger partial charge in [0.15, 0.2) is 0 Å². The quantitative estimate of drug-likeness (QED) is 0.332. The molecule has 0 radical (unpaired) electrons. The van der Waals surface area contributed by atoms with Crippen LogP contribution in [0.2, 0.25) is 0 Å². The zero-order valence-corrected chi connectivity index (χ0v) is 15.8. The Morgan fingerprint density at radius 1 is 1.59 bits per heavy atom. The zero-order valence-electron chi connectivity index (χ0n) is 11.3. The average molecular weight is 409 g/mol. The summed E-state index contributed by atoms with van der Waals surface area (Å²) in [6.07, 6.45) is -1.85. The number of aliphatic hydroxyl groups is 1.